The van der Waals surface area contributed by atoms with E-state index in [4.69, 9.17) is 4.74 Å². The van der Waals surface area contributed by atoms with Gasteiger partial charge in [-0.05, 0) is 32.9 Å². The lowest BCUT2D eigenvalue weighted by atomic mass is 10.2. The number of esters is 1. The van der Waals surface area contributed by atoms with Crippen LogP contribution in [-0.4, -0.2) is 28.0 Å². The number of thioether (sulfide) groups is 1. The lowest BCUT2D eigenvalue weighted by molar-refractivity contribution is -0.144. The van der Waals surface area contributed by atoms with Gasteiger partial charge in [0, 0.05) is 5.69 Å². The normalized spacial score (nSPS) is 10.7. The molecule has 2 aromatic rings. The van der Waals surface area contributed by atoms with E-state index in [1.165, 1.54) is 28.7 Å². The van der Waals surface area contributed by atoms with E-state index in [0.717, 1.165) is 10.0 Å². The van der Waals surface area contributed by atoms with Crippen molar-refractivity contribution in [3.8, 4) is 0 Å². The summed E-state index contributed by atoms with van der Waals surface area (Å²) in [5.41, 5.74) is 2.17. The molecule has 0 saturated heterocycles. The molecular weight excluding hydrogens is 306 g/mol. The minimum atomic E-state index is -0.238. The van der Waals surface area contributed by atoms with E-state index >= 15 is 0 Å². The lowest BCUT2D eigenvalue weighted by Gasteiger charge is -2.05. The van der Waals surface area contributed by atoms with Crippen LogP contribution in [0.15, 0.2) is 28.6 Å². The highest BCUT2D eigenvalue weighted by atomic mass is 32.2. The number of anilines is 2. The second-order valence-electron chi connectivity index (χ2n) is 4.69. The molecule has 1 aromatic carbocycles. The molecule has 7 heteroatoms. The van der Waals surface area contributed by atoms with Crippen molar-refractivity contribution in [1.82, 2.24) is 10.2 Å². The number of ether oxygens (including phenoxy) is 1. The first-order chi connectivity index (χ1) is 10.0. The zero-order chi connectivity index (χ0) is 15.2. The number of aromatic nitrogens is 2. The number of carbonyl (C=O) groups is 1. The third-order valence-corrected chi connectivity index (χ3v) is 4.34. The number of hydrogen-bond donors (Lipinski definition) is 1. The van der Waals surface area contributed by atoms with E-state index in [0.29, 0.717) is 5.13 Å². The number of carbonyl (C=O) groups excluding carboxylic acids is 1. The van der Waals surface area contributed by atoms with E-state index in [1.54, 1.807) is 0 Å². The summed E-state index contributed by atoms with van der Waals surface area (Å²) in [4.78, 5) is 11.5. The number of hydrogen-bond acceptors (Lipinski definition) is 7. The molecule has 112 valence electrons. The molecule has 1 heterocycles. The predicted octanol–water partition coefficient (Wildman–Crippen LogP) is 3.63. The number of nitrogens with one attached hydrogen (secondary N) is 1. The molecule has 0 atom stereocenters. The minimum absolute atomic E-state index is 0.0914. The first-order valence-electron chi connectivity index (χ1n) is 6.52. The zero-order valence-electron chi connectivity index (χ0n) is 12.1. The van der Waals surface area contributed by atoms with E-state index < -0.39 is 0 Å². The number of benzene rings is 1. The fourth-order valence-electron chi connectivity index (χ4n) is 1.50. The van der Waals surface area contributed by atoms with Crippen LogP contribution in [0.1, 0.15) is 19.4 Å². The van der Waals surface area contributed by atoms with Gasteiger partial charge in [-0.1, -0.05) is 40.8 Å². The summed E-state index contributed by atoms with van der Waals surface area (Å²) in [7, 11) is 0. The molecule has 21 heavy (non-hydrogen) atoms. The number of rotatable bonds is 6. The summed E-state index contributed by atoms with van der Waals surface area (Å²) in [6, 6.07) is 8.04. The Hall–Kier alpha value is -1.60. The first kappa shape index (κ1) is 15.8. The zero-order valence-corrected chi connectivity index (χ0v) is 13.8. The third-order valence-electron chi connectivity index (χ3n) is 2.39. The molecular formula is C14H17N3O2S2. The summed E-state index contributed by atoms with van der Waals surface area (Å²) in [6.07, 6.45) is -0.0914. The first-order valence-corrected chi connectivity index (χ1v) is 8.32. The van der Waals surface area contributed by atoms with Gasteiger partial charge in [0.2, 0.25) is 5.13 Å². The highest BCUT2D eigenvalue weighted by molar-refractivity contribution is 8.01. The average Bonchev–Trinajstić information content (AvgIpc) is 2.86. The molecule has 5 nitrogen and oxygen atoms in total. The molecule has 0 spiro atoms. The Labute approximate surface area is 132 Å². The lowest BCUT2D eigenvalue weighted by Crippen LogP contribution is -2.13. The summed E-state index contributed by atoms with van der Waals surface area (Å²) < 4.78 is 5.81. The highest BCUT2D eigenvalue weighted by Crippen LogP contribution is 2.27. The smallest absolute Gasteiger partial charge is 0.316 e. The maximum absolute atomic E-state index is 11.5. The molecule has 0 unspecified atom stereocenters. The molecule has 0 aliphatic heterocycles. The largest absolute Gasteiger partial charge is 0.462 e. The van der Waals surface area contributed by atoms with E-state index in [2.05, 4.69) is 15.5 Å². The van der Waals surface area contributed by atoms with Gasteiger partial charge in [0.05, 0.1) is 11.9 Å². The van der Waals surface area contributed by atoms with E-state index in [-0.39, 0.29) is 17.8 Å². The van der Waals surface area contributed by atoms with Crippen molar-refractivity contribution in [2.45, 2.75) is 31.2 Å². The minimum Gasteiger partial charge on any atom is -0.462 e. The molecule has 1 aromatic heterocycles. The molecule has 2 rings (SSSR count). The fourth-order valence-corrected chi connectivity index (χ4v) is 3.05. The molecule has 0 fully saturated rings. The summed E-state index contributed by atoms with van der Waals surface area (Å²) in [5.74, 6) is 0.00963. The number of nitrogens with zero attached hydrogens (tertiary/aromatic N) is 2. The standard InChI is InChI=1S/C14H17N3O2S2/c1-9(2)19-12(18)8-20-14-17-16-13(21-14)15-11-6-4-10(3)5-7-11/h4-7,9H,8H2,1-3H3,(H,15,16). The second kappa shape index (κ2) is 7.42. The van der Waals surface area contributed by atoms with Gasteiger partial charge in [0.25, 0.3) is 0 Å². The molecule has 0 saturated carbocycles. The summed E-state index contributed by atoms with van der Waals surface area (Å²) >= 11 is 2.75. The molecule has 0 amide bonds. The Morgan fingerprint density at radius 1 is 1.33 bits per heavy atom. The topological polar surface area (TPSA) is 64.1 Å². The van der Waals surface area contributed by atoms with Crippen molar-refractivity contribution >= 4 is 39.9 Å². The quantitative estimate of drug-likeness (QED) is 0.647. The predicted molar refractivity (Wildman–Crippen MR) is 86.3 cm³/mol. The van der Waals surface area contributed by atoms with Gasteiger partial charge in [-0.2, -0.15) is 0 Å². The summed E-state index contributed by atoms with van der Waals surface area (Å²) in [6.45, 7) is 5.70. The van der Waals surface area contributed by atoms with Gasteiger partial charge in [0.15, 0.2) is 4.34 Å². The molecule has 1 N–H and O–H groups in total. The molecule has 0 aliphatic carbocycles. The van der Waals surface area contributed by atoms with Gasteiger partial charge in [-0.3, -0.25) is 4.79 Å². The van der Waals surface area contributed by atoms with Crippen LogP contribution in [-0.2, 0) is 9.53 Å². The van der Waals surface area contributed by atoms with Gasteiger partial charge in [0.1, 0.15) is 0 Å². The average molecular weight is 323 g/mol. The Morgan fingerprint density at radius 2 is 2.05 bits per heavy atom. The van der Waals surface area contributed by atoms with Gasteiger partial charge >= 0.3 is 5.97 Å². The fraction of sp³-hybridized carbons (Fsp3) is 0.357. The van der Waals surface area contributed by atoms with Crippen LogP contribution in [0.4, 0.5) is 10.8 Å². The van der Waals surface area contributed by atoms with Crippen molar-refractivity contribution in [1.29, 1.82) is 0 Å². The second-order valence-corrected chi connectivity index (χ2v) is 6.89. The maximum Gasteiger partial charge on any atom is 0.316 e. The molecule has 0 bridgehead atoms. The third kappa shape index (κ3) is 5.35. The Morgan fingerprint density at radius 3 is 2.71 bits per heavy atom. The number of aryl methyl sites for hydroxylation is 1. The molecule has 0 radical (unpaired) electrons. The Balaban J connectivity index is 1.86. The van der Waals surface area contributed by atoms with Crippen LogP contribution in [0.3, 0.4) is 0 Å². The Bertz CT molecular complexity index is 597. The van der Waals surface area contributed by atoms with Crippen molar-refractivity contribution in [3.05, 3.63) is 29.8 Å². The van der Waals surface area contributed by atoms with Gasteiger partial charge in [-0.25, -0.2) is 0 Å². The van der Waals surface area contributed by atoms with Gasteiger partial charge in [-0.15, -0.1) is 10.2 Å². The SMILES string of the molecule is Cc1ccc(Nc2nnc(SCC(=O)OC(C)C)s2)cc1. The van der Waals surface area contributed by atoms with Crippen LogP contribution in [0.25, 0.3) is 0 Å². The van der Waals surface area contributed by atoms with Crippen LogP contribution in [0, 0.1) is 6.92 Å². The van der Waals surface area contributed by atoms with E-state index in [9.17, 15) is 4.79 Å². The highest BCUT2D eigenvalue weighted by Gasteiger charge is 2.10. The van der Waals surface area contributed by atoms with Crippen molar-refractivity contribution in [3.63, 3.8) is 0 Å². The van der Waals surface area contributed by atoms with Crippen molar-refractivity contribution in [2.75, 3.05) is 11.1 Å². The maximum atomic E-state index is 11.5. The van der Waals surface area contributed by atoms with Crippen molar-refractivity contribution < 1.29 is 9.53 Å². The Kier molecular flexibility index (Phi) is 5.58. The van der Waals surface area contributed by atoms with Crippen LogP contribution in [0.5, 0.6) is 0 Å². The van der Waals surface area contributed by atoms with Crippen molar-refractivity contribution in [2.24, 2.45) is 0 Å². The molecule has 0 aliphatic rings. The summed E-state index contributed by atoms with van der Waals surface area (Å²) in [5, 5.41) is 12.0. The monoisotopic (exact) mass is 323 g/mol. The van der Waals surface area contributed by atoms with Gasteiger partial charge < -0.3 is 10.1 Å². The van der Waals surface area contributed by atoms with Crippen LogP contribution < -0.4 is 5.32 Å². The van der Waals surface area contributed by atoms with Crippen LogP contribution in [0.2, 0.25) is 0 Å². The van der Waals surface area contributed by atoms with Crippen LogP contribution >= 0.6 is 23.1 Å². The van der Waals surface area contributed by atoms with E-state index in [1.807, 2.05) is 45.0 Å².